The SMILES string of the molecule is CCOC(=O)C(CN1CCCCC1)=C(C)NC. The molecule has 17 heavy (non-hydrogen) atoms. The number of nitrogens with zero attached hydrogens (tertiary/aromatic N) is 1. The fraction of sp³-hybridized carbons (Fsp3) is 0.769. The molecule has 1 fully saturated rings. The Morgan fingerprint density at radius 3 is 2.47 bits per heavy atom. The smallest absolute Gasteiger partial charge is 0.337 e. The first-order chi connectivity index (χ1) is 8.19. The number of allylic oxidation sites excluding steroid dienone is 1. The summed E-state index contributed by atoms with van der Waals surface area (Å²) in [7, 11) is 1.84. The van der Waals surface area contributed by atoms with Gasteiger partial charge in [-0.25, -0.2) is 4.79 Å². The van der Waals surface area contributed by atoms with Gasteiger partial charge in [0.15, 0.2) is 0 Å². The minimum absolute atomic E-state index is 0.190. The second-order valence-electron chi connectivity index (χ2n) is 4.41. The normalized spacial score (nSPS) is 18.5. The van der Waals surface area contributed by atoms with Crippen LogP contribution in [-0.2, 0) is 9.53 Å². The Bertz CT molecular complexity index is 281. The van der Waals surface area contributed by atoms with Gasteiger partial charge in [-0.05, 0) is 39.8 Å². The lowest BCUT2D eigenvalue weighted by molar-refractivity contribution is -0.138. The van der Waals surface area contributed by atoms with E-state index in [9.17, 15) is 4.79 Å². The molecule has 1 heterocycles. The van der Waals surface area contributed by atoms with Crippen molar-refractivity contribution in [3.8, 4) is 0 Å². The summed E-state index contributed by atoms with van der Waals surface area (Å²) < 4.78 is 5.11. The first kappa shape index (κ1) is 14.0. The number of hydrogen-bond acceptors (Lipinski definition) is 4. The topological polar surface area (TPSA) is 41.6 Å². The van der Waals surface area contributed by atoms with Crippen molar-refractivity contribution in [3.63, 3.8) is 0 Å². The highest BCUT2D eigenvalue weighted by atomic mass is 16.5. The zero-order chi connectivity index (χ0) is 12.7. The number of hydrogen-bond donors (Lipinski definition) is 1. The molecular weight excluding hydrogens is 216 g/mol. The molecule has 0 aromatic heterocycles. The predicted molar refractivity (Wildman–Crippen MR) is 68.7 cm³/mol. The van der Waals surface area contributed by atoms with Crippen molar-refractivity contribution < 1.29 is 9.53 Å². The number of nitrogens with one attached hydrogen (secondary N) is 1. The van der Waals surface area contributed by atoms with Crippen LogP contribution in [-0.4, -0.2) is 44.2 Å². The van der Waals surface area contributed by atoms with Gasteiger partial charge >= 0.3 is 5.97 Å². The van der Waals surface area contributed by atoms with Gasteiger partial charge in [-0.2, -0.15) is 0 Å². The summed E-state index contributed by atoms with van der Waals surface area (Å²) in [5.41, 5.74) is 1.67. The average molecular weight is 240 g/mol. The van der Waals surface area contributed by atoms with Crippen LogP contribution in [0.5, 0.6) is 0 Å². The van der Waals surface area contributed by atoms with E-state index >= 15 is 0 Å². The highest BCUT2D eigenvalue weighted by Gasteiger charge is 2.19. The van der Waals surface area contributed by atoms with Crippen LogP contribution in [0.3, 0.4) is 0 Å². The molecule has 1 saturated heterocycles. The predicted octanol–water partition coefficient (Wildman–Crippen LogP) is 1.53. The Morgan fingerprint density at radius 2 is 1.94 bits per heavy atom. The molecule has 0 atom stereocenters. The van der Waals surface area contributed by atoms with Gasteiger partial charge in [0.05, 0.1) is 12.2 Å². The van der Waals surface area contributed by atoms with Crippen molar-refractivity contribution in [2.45, 2.75) is 33.1 Å². The molecule has 1 N–H and O–H groups in total. The van der Waals surface area contributed by atoms with Crippen molar-refractivity contribution in [2.24, 2.45) is 0 Å². The molecule has 0 aromatic carbocycles. The van der Waals surface area contributed by atoms with E-state index in [0.29, 0.717) is 13.2 Å². The number of esters is 1. The van der Waals surface area contributed by atoms with Gasteiger partial charge in [0.25, 0.3) is 0 Å². The van der Waals surface area contributed by atoms with Crippen molar-refractivity contribution in [2.75, 3.05) is 33.3 Å². The third-order valence-electron chi connectivity index (χ3n) is 3.18. The molecule has 98 valence electrons. The minimum Gasteiger partial charge on any atom is -0.463 e. The molecule has 0 saturated carbocycles. The van der Waals surface area contributed by atoms with Crippen LogP contribution in [0.1, 0.15) is 33.1 Å². The Balaban J connectivity index is 2.66. The quantitative estimate of drug-likeness (QED) is 0.584. The second-order valence-corrected chi connectivity index (χ2v) is 4.41. The summed E-state index contributed by atoms with van der Waals surface area (Å²) in [5, 5.41) is 3.05. The minimum atomic E-state index is -0.190. The van der Waals surface area contributed by atoms with Gasteiger partial charge in [-0.3, -0.25) is 4.90 Å². The summed E-state index contributed by atoms with van der Waals surface area (Å²) in [6, 6.07) is 0. The van der Waals surface area contributed by atoms with Crippen LogP contribution in [0, 0.1) is 0 Å². The van der Waals surface area contributed by atoms with Gasteiger partial charge in [0.2, 0.25) is 0 Å². The lowest BCUT2D eigenvalue weighted by atomic mass is 10.1. The maximum Gasteiger partial charge on any atom is 0.337 e. The summed E-state index contributed by atoms with van der Waals surface area (Å²) in [6.45, 7) is 7.06. The molecule has 0 aromatic rings. The maximum absolute atomic E-state index is 11.9. The molecule has 0 radical (unpaired) electrons. The van der Waals surface area contributed by atoms with Crippen LogP contribution < -0.4 is 5.32 Å². The zero-order valence-electron chi connectivity index (χ0n) is 11.2. The Hall–Kier alpha value is -1.03. The van der Waals surface area contributed by atoms with E-state index in [0.717, 1.165) is 24.4 Å². The third kappa shape index (κ3) is 4.38. The second kappa shape index (κ2) is 7.33. The summed E-state index contributed by atoms with van der Waals surface area (Å²) in [6.07, 6.45) is 3.77. The third-order valence-corrected chi connectivity index (χ3v) is 3.18. The Kier molecular flexibility index (Phi) is 6.05. The van der Waals surface area contributed by atoms with Crippen molar-refractivity contribution in [1.29, 1.82) is 0 Å². The van der Waals surface area contributed by atoms with E-state index < -0.39 is 0 Å². The molecule has 0 amide bonds. The van der Waals surface area contributed by atoms with Crippen LogP contribution in [0.25, 0.3) is 0 Å². The molecule has 0 unspecified atom stereocenters. The largest absolute Gasteiger partial charge is 0.463 e. The number of piperidine rings is 1. The lowest BCUT2D eigenvalue weighted by Crippen LogP contribution is -2.34. The number of rotatable bonds is 5. The van der Waals surface area contributed by atoms with Gasteiger partial charge in [0, 0.05) is 19.3 Å². The first-order valence-corrected chi connectivity index (χ1v) is 6.46. The number of ether oxygens (including phenoxy) is 1. The molecule has 4 heteroatoms. The van der Waals surface area contributed by atoms with E-state index in [4.69, 9.17) is 4.74 Å². The van der Waals surface area contributed by atoms with Crippen LogP contribution >= 0.6 is 0 Å². The Morgan fingerprint density at radius 1 is 1.29 bits per heavy atom. The first-order valence-electron chi connectivity index (χ1n) is 6.46. The molecule has 0 spiro atoms. The number of carbonyl (C=O) groups is 1. The van der Waals surface area contributed by atoms with Crippen molar-refractivity contribution >= 4 is 5.97 Å². The van der Waals surface area contributed by atoms with E-state index in [1.54, 1.807) is 0 Å². The summed E-state index contributed by atoms with van der Waals surface area (Å²) >= 11 is 0. The molecule has 1 rings (SSSR count). The highest BCUT2D eigenvalue weighted by Crippen LogP contribution is 2.13. The molecule has 1 aliphatic rings. The maximum atomic E-state index is 11.9. The average Bonchev–Trinajstić information content (AvgIpc) is 2.36. The van der Waals surface area contributed by atoms with Crippen LogP contribution in [0.4, 0.5) is 0 Å². The van der Waals surface area contributed by atoms with Gasteiger partial charge in [-0.1, -0.05) is 6.42 Å². The van der Waals surface area contributed by atoms with E-state index in [1.165, 1.54) is 19.3 Å². The molecular formula is C13H24N2O2. The summed E-state index contributed by atoms with van der Waals surface area (Å²) in [4.78, 5) is 14.2. The summed E-state index contributed by atoms with van der Waals surface area (Å²) in [5.74, 6) is -0.190. The highest BCUT2D eigenvalue weighted by molar-refractivity contribution is 5.89. The van der Waals surface area contributed by atoms with E-state index in [2.05, 4.69) is 10.2 Å². The molecule has 0 bridgehead atoms. The standard InChI is InChI=1S/C13H24N2O2/c1-4-17-13(16)12(11(2)14-3)10-15-8-6-5-7-9-15/h14H,4-10H2,1-3H3. The zero-order valence-corrected chi connectivity index (χ0v) is 11.2. The van der Waals surface area contributed by atoms with Crippen LogP contribution in [0.2, 0.25) is 0 Å². The monoisotopic (exact) mass is 240 g/mol. The fourth-order valence-electron chi connectivity index (χ4n) is 2.05. The van der Waals surface area contributed by atoms with Crippen molar-refractivity contribution in [1.82, 2.24) is 10.2 Å². The lowest BCUT2D eigenvalue weighted by Gasteiger charge is -2.27. The Labute approximate surface area is 104 Å². The van der Waals surface area contributed by atoms with E-state index in [-0.39, 0.29) is 5.97 Å². The fourth-order valence-corrected chi connectivity index (χ4v) is 2.05. The number of carbonyl (C=O) groups excluding carboxylic acids is 1. The van der Waals surface area contributed by atoms with Gasteiger partial charge in [-0.15, -0.1) is 0 Å². The van der Waals surface area contributed by atoms with Crippen LogP contribution in [0.15, 0.2) is 11.3 Å². The molecule has 0 aliphatic carbocycles. The van der Waals surface area contributed by atoms with Gasteiger partial charge in [0.1, 0.15) is 0 Å². The molecule has 4 nitrogen and oxygen atoms in total. The van der Waals surface area contributed by atoms with E-state index in [1.807, 2.05) is 20.9 Å². The number of likely N-dealkylation sites (tertiary alicyclic amines) is 1. The van der Waals surface area contributed by atoms with Gasteiger partial charge < -0.3 is 10.1 Å². The van der Waals surface area contributed by atoms with Crippen molar-refractivity contribution in [3.05, 3.63) is 11.3 Å². The molecule has 1 aliphatic heterocycles.